The van der Waals surface area contributed by atoms with Crippen molar-refractivity contribution in [1.82, 2.24) is 0 Å². The number of rotatable bonds is 0. The summed E-state index contributed by atoms with van der Waals surface area (Å²) in [5.41, 5.74) is 4.88. The first kappa shape index (κ1) is 14.7. The Morgan fingerprint density at radius 1 is 0.846 bits per heavy atom. The van der Waals surface area contributed by atoms with Gasteiger partial charge in [0.05, 0.1) is 6.10 Å². The summed E-state index contributed by atoms with van der Waals surface area (Å²) in [4.78, 5) is 0. The van der Waals surface area contributed by atoms with Gasteiger partial charge in [-0.05, 0) is 59.6 Å². The highest BCUT2D eigenvalue weighted by atomic mass is 16.7. The zero-order chi connectivity index (χ0) is 17.4. The predicted octanol–water partition coefficient (Wildman–Crippen LogP) is 3.12. The van der Waals surface area contributed by atoms with Crippen molar-refractivity contribution in [3.63, 3.8) is 0 Å². The number of aliphatic hydroxyl groups is 1. The van der Waals surface area contributed by atoms with E-state index in [9.17, 15) is 5.11 Å². The van der Waals surface area contributed by atoms with E-state index in [2.05, 4.69) is 25.1 Å². The van der Waals surface area contributed by atoms with Crippen LogP contribution in [0.4, 0.5) is 0 Å². The molecule has 4 aliphatic rings. The molecule has 2 aromatic rings. The molecule has 0 fully saturated rings. The Balaban J connectivity index is 1.53. The molecule has 0 saturated heterocycles. The second-order valence-electron chi connectivity index (χ2n) is 7.78. The van der Waals surface area contributed by atoms with E-state index in [1.807, 2.05) is 6.07 Å². The highest BCUT2D eigenvalue weighted by Gasteiger charge is 2.45. The van der Waals surface area contributed by atoms with Gasteiger partial charge in [-0.3, -0.25) is 0 Å². The first-order valence-electron chi connectivity index (χ1n) is 9.22. The normalized spacial score (nSPS) is 29.8. The average molecular weight is 352 g/mol. The zero-order valence-corrected chi connectivity index (χ0v) is 14.5. The Morgan fingerprint density at radius 2 is 1.62 bits per heavy atom. The number of aliphatic hydroxyl groups excluding tert-OH is 1. The lowest BCUT2D eigenvalue weighted by Crippen LogP contribution is -2.39. The van der Waals surface area contributed by atoms with Crippen LogP contribution in [0.1, 0.15) is 41.0 Å². The molecule has 0 saturated carbocycles. The number of hydrogen-bond donors (Lipinski definition) is 1. The van der Waals surface area contributed by atoms with Crippen molar-refractivity contribution in [2.45, 2.75) is 37.7 Å². The molecule has 4 unspecified atom stereocenters. The Bertz CT molecular complexity index is 919. The Morgan fingerprint density at radius 3 is 2.50 bits per heavy atom. The minimum Gasteiger partial charge on any atom is -0.454 e. The number of hydrogen-bond acceptors (Lipinski definition) is 5. The van der Waals surface area contributed by atoms with Crippen molar-refractivity contribution in [2.75, 3.05) is 13.6 Å². The van der Waals surface area contributed by atoms with Crippen LogP contribution in [0.2, 0.25) is 0 Å². The summed E-state index contributed by atoms with van der Waals surface area (Å²) in [5.74, 6) is 4.02. The maximum absolute atomic E-state index is 11.1. The van der Waals surface area contributed by atoms with Crippen molar-refractivity contribution < 1.29 is 24.1 Å². The van der Waals surface area contributed by atoms with E-state index in [1.54, 1.807) is 0 Å². The molecule has 0 aromatic heterocycles. The molecule has 26 heavy (non-hydrogen) atoms. The summed E-state index contributed by atoms with van der Waals surface area (Å²) in [6.45, 7) is 2.82. The van der Waals surface area contributed by atoms with Gasteiger partial charge in [-0.1, -0.05) is 13.0 Å². The average Bonchev–Trinajstić information content (AvgIpc) is 3.28. The molecule has 6 rings (SSSR count). The molecule has 0 spiro atoms. The highest BCUT2D eigenvalue weighted by molar-refractivity contribution is 5.58. The molecular formula is C21H20O5. The molecular weight excluding hydrogens is 332 g/mol. The summed E-state index contributed by atoms with van der Waals surface area (Å²) >= 11 is 0. The van der Waals surface area contributed by atoms with Crippen LogP contribution >= 0.6 is 0 Å². The number of benzene rings is 2. The summed E-state index contributed by atoms with van der Waals surface area (Å²) < 4.78 is 22.5. The van der Waals surface area contributed by atoms with Gasteiger partial charge in [-0.15, -0.1) is 0 Å². The topological polar surface area (TPSA) is 57.2 Å². The lowest BCUT2D eigenvalue weighted by molar-refractivity contribution is 0.102. The number of fused-ring (bicyclic) bond motifs is 8. The number of ether oxygens (including phenoxy) is 4. The van der Waals surface area contributed by atoms with Crippen LogP contribution in [0.15, 0.2) is 24.3 Å². The highest BCUT2D eigenvalue weighted by Crippen LogP contribution is 2.56. The van der Waals surface area contributed by atoms with E-state index in [0.717, 1.165) is 29.4 Å². The van der Waals surface area contributed by atoms with Crippen LogP contribution in [-0.4, -0.2) is 24.8 Å². The first-order chi connectivity index (χ1) is 12.7. The largest absolute Gasteiger partial charge is 0.454 e. The van der Waals surface area contributed by atoms with Gasteiger partial charge in [0.15, 0.2) is 23.0 Å². The fourth-order valence-corrected chi connectivity index (χ4v) is 5.35. The standard InChI is InChI=1S/C21H20O5/c1-10-4-14-12(2-3-16-21(14)26-9-23-16)20-15(22)5-11-6-17-18(25-8-24-17)7-13(11)19(10)20/h2-3,6-7,10,15,19-20,22H,4-5,8-9H2,1H3. The minimum atomic E-state index is -0.422. The van der Waals surface area contributed by atoms with E-state index in [4.69, 9.17) is 18.9 Å². The molecule has 134 valence electrons. The minimum absolute atomic E-state index is 0.0659. The second kappa shape index (κ2) is 5.07. The monoisotopic (exact) mass is 352 g/mol. The van der Waals surface area contributed by atoms with E-state index >= 15 is 0 Å². The molecule has 2 aliphatic carbocycles. The SMILES string of the molecule is CC1Cc2c(ccc3c2OCO3)C2C(O)Cc3cc4c(cc3C12)OCO4. The Kier molecular flexibility index (Phi) is 2.87. The van der Waals surface area contributed by atoms with Gasteiger partial charge in [-0.2, -0.15) is 0 Å². The van der Waals surface area contributed by atoms with Crippen LogP contribution in [-0.2, 0) is 12.8 Å². The third-order valence-corrected chi connectivity index (χ3v) is 6.40. The molecule has 2 aliphatic heterocycles. The molecule has 5 heteroatoms. The molecule has 0 bridgehead atoms. The van der Waals surface area contributed by atoms with E-state index < -0.39 is 6.10 Å². The van der Waals surface area contributed by atoms with Gasteiger partial charge >= 0.3 is 0 Å². The van der Waals surface area contributed by atoms with Crippen molar-refractivity contribution in [1.29, 1.82) is 0 Å². The maximum Gasteiger partial charge on any atom is 0.231 e. The maximum atomic E-state index is 11.1. The molecule has 1 N–H and O–H groups in total. The molecule has 2 aromatic carbocycles. The van der Waals surface area contributed by atoms with Gasteiger partial charge in [0.25, 0.3) is 0 Å². The smallest absolute Gasteiger partial charge is 0.231 e. The predicted molar refractivity (Wildman–Crippen MR) is 93.2 cm³/mol. The summed E-state index contributed by atoms with van der Waals surface area (Å²) in [6.07, 6.45) is 1.13. The van der Waals surface area contributed by atoms with E-state index in [0.29, 0.717) is 12.3 Å². The van der Waals surface area contributed by atoms with Gasteiger partial charge < -0.3 is 24.1 Å². The molecule has 5 nitrogen and oxygen atoms in total. The lowest BCUT2D eigenvalue weighted by atomic mass is 9.60. The molecule has 0 radical (unpaired) electrons. The summed E-state index contributed by atoms with van der Waals surface area (Å²) in [6, 6.07) is 8.29. The van der Waals surface area contributed by atoms with Crippen molar-refractivity contribution in [2.24, 2.45) is 5.92 Å². The molecule has 4 atom stereocenters. The van der Waals surface area contributed by atoms with E-state index in [-0.39, 0.29) is 25.4 Å². The van der Waals surface area contributed by atoms with Crippen LogP contribution < -0.4 is 18.9 Å². The summed E-state index contributed by atoms with van der Waals surface area (Å²) in [7, 11) is 0. The van der Waals surface area contributed by atoms with Crippen molar-refractivity contribution in [3.05, 3.63) is 46.5 Å². The van der Waals surface area contributed by atoms with Crippen LogP contribution in [0, 0.1) is 5.92 Å². The van der Waals surface area contributed by atoms with Crippen LogP contribution in [0.3, 0.4) is 0 Å². The first-order valence-corrected chi connectivity index (χ1v) is 9.22. The Hall–Kier alpha value is -2.40. The lowest BCUT2D eigenvalue weighted by Gasteiger charge is -2.45. The molecule has 0 amide bonds. The summed E-state index contributed by atoms with van der Waals surface area (Å²) in [5, 5.41) is 11.1. The third-order valence-electron chi connectivity index (χ3n) is 6.40. The van der Waals surface area contributed by atoms with E-state index in [1.165, 1.54) is 22.3 Å². The quantitative estimate of drug-likeness (QED) is 0.789. The fourth-order valence-electron chi connectivity index (χ4n) is 5.35. The zero-order valence-electron chi connectivity index (χ0n) is 14.5. The Labute approximate surface area is 151 Å². The van der Waals surface area contributed by atoms with Crippen molar-refractivity contribution >= 4 is 0 Å². The second-order valence-corrected chi connectivity index (χ2v) is 7.78. The van der Waals surface area contributed by atoms with Gasteiger partial charge in [-0.25, -0.2) is 0 Å². The van der Waals surface area contributed by atoms with Crippen molar-refractivity contribution in [3.8, 4) is 23.0 Å². The third kappa shape index (κ3) is 1.84. The van der Waals surface area contributed by atoms with Gasteiger partial charge in [0.2, 0.25) is 13.6 Å². The van der Waals surface area contributed by atoms with Crippen LogP contribution in [0.25, 0.3) is 0 Å². The fraction of sp³-hybridized carbons (Fsp3) is 0.429. The van der Waals surface area contributed by atoms with Gasteiger partial charge in [0.1, 0.15) is 0 Å². The van der Waals surface area contributed by atoms with Crippen LogP contribution in [0.5, 0.6) is 23.0 Å². The molecule has 2 heterocycles. The van der Waals surface area contributed by atoms with Gasteiger partial charge in [0, 0.05) is 11.5 Å².